The third-order valence-corrected chi connectivity index (χ3v) is 5.34. The molecule has 1 nitrogen and oxygen atoms in total. The van der Waals surface area contributed by atoms with Crippen LogP contribution in [0.15, 0.2) is 77.3 Å². The Hall–Kier alpha value is -1.97. The minimum absolute atomic E-state index is 1.06. The van der Waals surface area contributed by atoms with Gasteiger partial charge in [-0.25, -0.2) is 4.98 Å². The number of halogens is 1. The Balaban J connectivity index is 1.79. The third kappa shape index (κ3) is 2.47. The van der Waals surface area contributed by atoms with Crippen molar-refractivity contribution >= 4 is 37.5 Å². The summed E-state index contributed by atoms with van der Waals surface area (Å²) in [6, 6.07) is 25.1. The Morgan fingerprint density at radius 3 is 2.32 bits per heavy atom. The van der Waals surface area contributed by atoms with Crippen molar-refractivity contribution in [3.8, 4) is 21.7 Å². The molecule has 0 amide bonds. The molecule has 4 rings (SSSR count). The van der Waals surface area contributed by atoms with Crippen LogP contribution in [0.2, 0.25) is 0 Å². The van der Waals surface area contributed by atoms with E-state index in [0.29, 0.717) is 0 Å². The lowest BCUT2D eigenvalue weighted by molar-refractivity contribution is 1.47. The minimum Gasteiger partial charge on any atom is -0.236 e. The number of rotatable bonds is 2. The molecule has 0 fully saturated rings. The molecule has 0 aliphatic rings. The van der Waals surface area contributed by atoms with Gasteiger partial charge in [0.2, 0.25) is 0 Å². The molecule has 0 spiro atoms. The first-order valence-corrected chi connectivity index (χ1v) is 8.63. The van der Waals surface area contributed by atoms with Crippen LogP contribution < -0.4 is 0 Å². The van der Waals surface area contributed by atoms with E-state index in [-0.39, 0.29) is 0 Å². The highest BCUT2D eigenvalue weighted by Crippen LogP contribution is 2.35. The third-order valence-electron chi connectivity index (χ3n) is 3.59. The molecule has 1 aromatic heterocycles. The average molecular weight is 366 g/mol. The van der Waals surface area contributed by atoms with E-state index in [4.69, 9.17) is 4.98 Å². The Kier molecular flexibility index (Phi) is 3.53. The molecule has 0 aliphatic heterocycles. The largest absolute Gasteiger partial charge is 0.236 e. The van der Waals surface area contributed by atoms with Crippen molar-refractivity contribution in [2.45, 2.75) is 0 Å². The van der Waals surface area contributed by atoms with Crippen molar-refractivity contribution < 1.29 is 0 Å². The van der Waals surface area contributed by atoms with E-state index in [1.165, 1.54) is 15.8 Å². The summed E-state index contributed by atoms with van der Waals surface area (Å²) < 4.78 is 2.32. The maximum absolute atomic E-state index is 4.72. The van der Waals surface area contributed by atoms with E-state index in [9.17, 15) is 0 Å². The number of hydrogen-bond acceptors (Lipinski definition) is 2. The summed E-state index contributed by atoms with van der Waals surface area (Å²) in [5.74, 6) is 0. The maximum Gasteiger partial charge on any atom is 0.124 e. The van der Waals surface area contributed by atoms with Gasteiger partial charge in [-0.05, 0) is 29.3 Å². The van der Waals surface area contributed by atoms with Crippen LogP contribution in [0.4, 0.5) is 0 Å². The van der Waals surface area contributed by atoms with Gasteiger partial charge < -0.3 is 0 Å². The number of thiazole rings is 1. The predicted octanol–water partition coefficient (Wildman–Crippen LogP) is 6.39. The van der Waals surface area contributed by atoms with Crippen LogP contribution in [0.25, 0.3) is 31.9 Å². The zero-order valence-corrected chi connectivity index (χ0v) is 14.1. The smallest absolute Gasteiger partial charge is 0.124 e. The SMILES string of the molecule is Brc1cc(-c2nc3ccccc3s2)ccc1-c1ccccc1. The summed E-state index contributed by atoms with van der Waals surface area (Å²) in [4.78, 5) is 4.72. The Labute approximate surface area is 141 Å². The average Bonchev–Trinajstić information content (AvgIpc) is 2.99. The Bertz CT molecular complexity index is 911. The van der Waals surface area contributed by atoms with Crippen molar-refractivity contribution in [2.24, 2.45) is 0 Å². The Morgan fingerprint density at radius 1 is 0.773 bits per heavy atom. The van der Waals surface area contributed by atoms with Gasteiger partial charge in [0.05, 0.1) is 10.2 Å². The quantitative estimate of drug-likeness (QED) is 0.400. The van der Waals surface area contributed by atoms with E-state index in [0.717, 1.165) is 20.6 Å². The topological polar surface area (TPSA) is 12.9 Å². The highest BCUT2D eigenvalue weighted by molar-refractivity contribution is 9.10. The summed E-state index contributed by atoms with van der Waals surface area (Å²) in [6.45, 7) is 0. The molecule has 0 saturated heterocycles. The van der Waals surface area contributed by atoms with Gasteiger partial charge in [0, 0.05) is 10.0 Å². The molecular weight excluding hydrogens is 354 g/mol. The second-order valence-corrected chi connectivity index (χ2v) is 6.93. The van der Waals surface area contributed by atoms with Crippen LogP contribution in [0.5, 0.6) is 0 Å². The highest BCUT2D eigenvalue weighted by Gasteiger charge is 2.09. The van der Waals surface area contributed by atoms with Crippen molar-refractivity contribution in [1.29, 1.82) is 0 Å². The first-order valence-electron chi connectivity index (χ1n) is 7.02. The van der Waals surface area contributed by atoms with Crippen molar-refractivity contribution in [1.82, 2.24) is 4.98 Å². The van der Waals surface area contributed by atoms with Crippen LogP contribution in [0.3, 0.4) is 0 Å². The molecule has 1 heterocycles. The zero-order valence-electron chi connectivity index (χ0n) is 11.7. The van der Waals surface area contributed by atoms with Gasteiger partial charge in [0.1, 0.15) is 5.01 Å². The number of hydrogen-bond donors (Lipinski definition) is 0. The van der Waals surface area contributed by atoms with Crippen LogP contribution in [0, 0.1) is 0 Å². The molecule has 0 atom stereocenters. The summed E-state index contributed by atoms with van der Waals surface area (Å²) in [7, 11) is 0. The molecule has 0 radical (unpaired) electrons. The molecule has 0 bridgehead atoms. The predicted molar refractivity (Wildman–Crippen MR) is 98.2 cm³/mol. The molecular formula is C19H12BrNS. The number of benzene rings is 3. The van der Waals surface area contributed by atoms with Gasteiger partial charge >= 0.3 is 0 Å². The number of aromatic nitrogens is 1. The first-order chi connectivity index (χ1) is 10.8. The zero-order chi connectivity index (χ0) is 14.9. The van der Waals surface area contributed by atoms with E-state index >= 15 is 0 Å². The number of para-hydroxylation sites is 1. The Morgan fingerprint density at radius 2 is 1.55 bits per heavy atom. The minimum atomic E-state index is 1.06. The number of nitrogens with zero attached hydrogens (tertiary/aromatic N) is 1. The molecule has 0 aliphatic carbocycles. The second-order valence-electron chi connectivity index (χ2n) is 5.05. The van der Waals surface area contributed by atoms with E-state index < -0.39 is 0 Å². The maximum atomic E-state index is 4.72. The summed E-state index contributed by atoms with van der Waals surface area (Å²) in [5.41, 5.74) is 4.62. The first kappa shape index (κ1) is 13.7. The fourth-order valence-corrected chi connectivity index (χ4v) is 4.07. The van der Waals surface area contributed by atoms with Gasteiger partial charge in [0.15, 0.2) is 0 Å². The number of fused-ring (bicyclic) bond motifs is 1. The molecule has 0 unspecified atom stereocenters. The second kappa shape index (κ2) is 5.67. The van der Waals surface area contributed by atoms with Crippen molar-refractivity contribution in [2.75, 3.05) is 0 Å². The monoisotopic (exact) mass is 365 g/mol. The molecule has 0 saturated carbocycles. The van der Waals surface area contributed by atoms with Crippen molar-refractivity contribution in [3.63, 3.8) is 0 Å². The standard InChI is InChI=1S/C19H12BrNS/c20-16-12-14(10-11-15(16)13-6-2-1-3-7-13)19-21-17-8-4-5-9-18(17)22-19/h1-12H. The van der Waals surface area contributed by atoms with Crippen molar-refractivity contribution in [3.05, 3.63) is 77.3 Å². The lowest BCUT2D eigenvalue weighted by Gasteiger charge is -2.06. The van der Waals surface area contributed by atoms with Crippen LogP contribution in [-0.4, -0.2) is 4.98 Å². The molecule has 22 heavy (non-hydrogen) atoms. The summed E-state index contributed by atoms with van der Waals surface area (Å²) in [5, 5.41) is 1.06. The van der Waals surface area contributed by atoms with E-state index in [1.807, 2.05) is 12.1 Å². The van der Waals surface area contributed by atoms with E-state index in [2.05, 4.69) is 76.6 Å². The molecule has 3 heteroatoms. The van der Waals surface area contributed by atoms with Gasteiger partial charge in [-0.2, -0.15) is 0 Å². The highest BCUT2D eigenvalue weighted by atomic mass is 79.9. The fraction of sp³-hybridized carbons (Fsp3) is 0. The summed E-state index contributed by atoms with van der Waals surface area (Å²) >= 11 is 5.43. The van der Waals surface area contributed by atoms with E-state index in [1.54, 1.807) is 11.3 Å². The molecule has 106 valence electrons. The molecule has 3 aromatic carbocycles. The van der Waals surface area contributed by atoms with Gasteiger partial charge in [0.25, 0.3) is 0 Å². The van der Waals surface area contributed by atoms with Crippen LogP contribution >= 0.6 is 27.3 Å². The summed E-state index contributed by atoms with van der Waals surface area (Å²) in [6.07, 6.45) is 0. The lowest BCUT2D eigenvalue weighted by Crippen LogP contribution is -1.82. The molecule has 4 aromatic rings. The van der Waals surface area contributed by atoms with Gasteiger partial charge in [-0.3, -0.25) is 0 Å². The normalized spacial score (nSPS) is 11.0. The lowest BCUT2D eigenvalue weighted by atomic mass is 10.0. The fourth-order valence-electron chi connectivity index (χ4n) is 2.50. The molecule has 0 N–H and O–H groups in total. The van der Waals surface area contributed by atoms with Crippen LogP contribution in [-0.2, 0) is 0 Å². The van der Waals surface area contributed by atoms with Gasteiger partial charge in [-0.15, -0.1) is 11.3 Å². The van der Waals surface area contributed by atoms with Crippen LogP contribution in [0.1, 0.15) is 0 Å². The van der Waals surface area contributed by atoms with Gasteiger partial charge in [-0.1, -0.05) is 70.5 Å².